The summed E-state index contributed by atoms with van der Waals surface area (Å²) in [6.07, 6.45) is 2.18. The highest BCUT2D eigenvalue weighted by Gasteiger charge is 2.21. The van der Waals surface area contributed by atoms with Crippen molar-refractivity contribution >= 4 is 16.9 Å². The number of para-hydroxylation sites is 1. The van der Waals surface area contributed by atoms with Crippen LogP contribution in [0.3, 0.4) is 0 Å². The van der Waals surface area contributed by atoms with Crippen LogP contribution in [0.5, 0.6) is 0 Å². The van der Waals surface area contributed by atoms with Crippen molar-refractivity contribution < 1.29 is 9.90 Å². The maximum Gasteiger partial charge on any atom is 0.303 e. The van der Waals surface area contributed by atoms with Gasteiger partial charge < -0.3 is 15.4 Å². The molecule has 0 aliphatic heterocycles. The van der Waals surface area contributed by atoms with Crippen molar-refractivity contribution in [3.05, 3.63) is 36.0 Å². The SMILES string of the molecule is CC(C)(CNCc1c[nH]c2ccccc12)CC(=O)O. The predicted octanol–water partition coefficient (Wildman–Crippen LogP) is 2.76. The predicted molar refractivity (Wildman–Crippen MR) is 76.0 cm³/mol. The van der Waals surface area contributed by atoms with Gasteiger partial charge in [0.2, 0.25) is 0 Å². The molecule has 0 saturated heterocycles. The lowest BCUT2D eigenvalue weighted by molar-refractivity contribution is -0.139. The molecule has 0 amide bonds. The van der Waals surface area contributed by atoms with Crippen molar-refractivity contribution in [2.75, 3.05) is 6.54 Å². The largest absolute Gasteiger partial charge is 0.481 e. The summed E-state index contributed by atoms with van der Waals surface area (Å²) in [6.45, 7) is 5.35. The number of benzene rings is 1. The van der Waals surface area contributed by atoms with Crippen LogP contribution in [0.1, 0.15) is 25.8 Å². The first-order chi connectivity index (χ1) is 8.98. The molecule has 4 nitrogen and oxygen atoms in total. The molecule has 1 heterocycles. The van der Waals surface area contributed by atoms with E-state index in [2.05, 4.69) is 16.4 Å². The Kier molecular flexibility index (Phi) is 3.90. The Hall–Kier alpha value is -1.81. The number of carboxylic acid groups (broad SMARTS) is 1. The topological polar surface area (TPSA) is 65.1 Å². The molecule has 0 fully saturated rings. The number of aliphatic carboxylic acids is 1. The number of hydrogen-bond acceptors (Lipinski definition) is 2. The zero-order chi connectivity index (χ0) is 13.9. The Morgan fingerprint density at radius 1 is 1.37 bits per heavy atom. The van der Waals surface area contributed by atoms with Crippen LogP contribution in [0.4, 0.5) is 0 Å². The molecule has 0 spiro atoms. The van der Waals surface area contributed by atoms with Gasteiger partial charge in [0.05, 0.1) is 6.42 Å². The molecule has 0 aliphatic rings. The number of aromatic amines is 1. The molecule has 2 aromatic rings. The smallest absolute Gasteiger partial charge is 0.303 e. The van der Waals surface area contributed by atoms with Crippen LogP contribution in [0.15, 0.2) is 30.5 Å². The van der Waals surface area contributed by atoms with E-state index in [1.165, 1.54) is 10.9 Å². The third-order valence-corrected chi connectivity index (χ3v) is 3.22. The Morgan fingerprint density at radius 2 is 2.11 bits per heavy atom. The van der Waals surface area contributed by atoms with Crippen LogP contribution in [0.25, 0.3) is 10.9 Å². The van der Waals surface area contributed by atoms with Gasteiger partial charge in [-0.1, -0.05) is 32.0 Å². The Morgan fingerprint density at radius 3 is 2.84 bits per heavy atom. The quantitative estimate of drug-likeness (QED) is 0.748. The van der Waals surface area contributed by atoms with Crippen LogP contribution >= 0.6 is 0 Å². The van der Waals surface area contributed by atoms with Gasteiger partial charge in [0.1, 0.15) is 0 Å². The van der Waals surface area contributed by atoms with E-state index in [-0.39, 0.29) is 11.8 Å². The summed E-state index contributed by atoms with van der Waals surface area (Å²) in [5.74, 6) is -0.751. The molecule has 2 rings (SSSR count). The normalized spacial score (nSPS) is 11.9. The summed E-state index contributed by atoms with van der Waals surface area (Å²) in [5.41, 5.74) is 2.10. The zero-order valence-electron chi connectivity index (χ0n) is 11.4. The molecular weight excluding hydrogens is 240 g/mol. The van der Waals surface area contributed by atoms with Crippen LogP contribution < -0.4 is 5.32 Å². The van der Waals surface area contributed by atoms with E-state index in [9.17, 15) is 4.79 Å². The van der Waals surface area contributed by atoms with Gasteiger partial charge in [-0.15, -0.1) is 0 Å². The Balaban J connectivity index is 1.94. The number of aromatic nitrogens is 1. The molecule has 102 valence electrons. The lowest BCUT2D eigenvalue weighted by Crippen LogP contribution is -2.31. The maximum atomic E-state index is 10.7. The van der Waals surface area contributed by atoms with Crippen molar-refractivity contribution in [1.82, 2.24) is 10.3 Å². The fourth-order valence-electron chi connectivity index (χ4n) is 2.29. The highest BCUT2D eigenvalue weighted by atomic mass is 16.4. The summed E-state index contributed by atoms with van der Waals surface area (Å²) < 4.78 is 0. The third-order valence-electron chi connectivity index (χ3n) is 3.22. The Labute approximate surface area is 112 Å². The van der Waals surface area contributed by atoms with Gasteiger partial charge in [0.15, 0.2) is 0 Å². The second-order valence-corrected chi connectivity index (χ2v) is 5.70. The van der Waals surface area contributed by atoms with Crippen molar-refractivity contribution in [2.24, 2.45) is 5.41 Å². The van der Waals surface area contributed by atoms with Crippen LogP contribution in [-0.4, -0.2) is 22.6 Å². The van der Waals surface area contributed by atoms with E-state index >= 15 is 0 Å². The van der Waals surface area contributed by atoms with Gasteiger partial charge in [-0.3, -0.25) is 4.79 Å². The highest BCUT2D eigenvalue weighted by Crippen LogP contribution is 2.20. The molecular formula is C15H20N2O2. The molecule has 0 aliphatic carbocycles. The van der Waals surface area contributed by atoms with Crippen molar-refractivity contribution in [3.63, 3.8) is 0 Å². The number of H-pyrrole nitrogens is 1. The van der Waals surface area contributed by atoms with Crippen LogP contribution in [-0.2, 0) is 11.3 Å². The molecule has 3 N–H and O–H groups in total. The van der Waals surface area contributed by atoms with Gasteiger partial charge in [0.25, 0.3) is 0 Å². The molecule has 0 bridgehead atoms. The minimum Gasteiger partial charge on any atom is -0.481 e. The van der Waals surface area contributed by atoms with E-state index in [1.54, 1.807) is 0 Å². The molecule has 19 heavy (non-hydrogen) atoms. The zero-order valence-corrected chi connectivity index (χ0v) is 11.4. The minimum absolute atomic E-state index is 0.174. The van der Waals surface area contributed by atoms with Crippen LogP contribution in [0.2, 0.25) is 0 Å². The standard InChI is InChI=1S/C15H20N2O2/c1-15(2,7-14(18)19)10-16-8-11-9-17-13-6-4-3-5-12(11)13/h3-6,9,16-17H,7-8,10H2,1-2H3,(H,18,19). The molecule has 0 radical (unpaired) electrons. The summed E-state index contributed by atoms with van der Waals surface area (Å²) in [4.78, 5) is 14.0. The molecule has 1 aromatic heterocycles. The molecule has 0 atom stereocenters. The molecule has 0 saturated carbocycles. The van der Waals surface area contributed by atoms with Crippen LogP contribution in [0, 0.1) is 5.41 Å². The van der Waals surface area contributed by atoms with E-state index in [0.717, 1.165) is 12.1 Å². The lowest BCUT2D eigenvalue weighted by Gasteiger charge is -2.22. The number of rotatable bonds is 6. The maximum absolute atomic E-state index is 10.7. The van der Waals surface area contributed by atoms with Gasteiger partial charge in [-0.25, -0.2) is 0 Å². The monoisotopic (exact) mass is 260 g/mol. The number of hydrogen-bond donors (Lipinski definition) is 3. The number of carbonyl (C=O) groups is 1. The van der Waals surface area contributed by atoms with Crippen molar-refractivity contribution in [3.8, 4) is 0 Å². The Bertz CT molecular complexity index is 572. The third kappa shape index (κ3) is 3.58. The second kappa shape index (κ2) is 5.45. The average Bonchev–Trinajstić information content (AvgIpc) is 2.71. The number of nitrogens with one attached hydrogen (secondary N) is 2. The highest BCUT2D eigenvalue weighted by molar-refractivity contribution is 5.82. The van der Waals surface area contributed by atoms with Crippen molar-refractivity contribution in [1.29, 1.82) is 0 Å². The van der Waals surface area contributed by atoms with Gasteiger partial charge >= 0.3 is 5.97 Å². The summed E-state index contributed by atoms with van der Waals surface area (Å²) >= 11 is 0. The average molecular weight is 260 g/mol. The fourth-order valence-corrected chi connectivity index (χ4v) is 2.29. The van der Waals surface area contributed by atoms with E-state index in [4.69, 9.17) is 5.11 Å². The second-order valence-electron chi connectivity index (χ2n) is 5.70. The van der Waals surface area contributed by atoms with Crippen molar-refractivity contribution in [2.45, 2.75) is 26.8 Å². The lowest BCUT2D eigenvalue weighted by atomic mass is 9.89. The summed E-state index contributed by atoms with van der Waals surface area (Å²) in [6, 6.07) is 8.17. The fraction of sp³-hybridized carbons (Fsp3) is 0.400. The molecule has 0 unspecified atom stereocenters. The van der Waals surface area contributed by atoms with Gasteiger partial charge in [-0.2, -0.15) is 0 Å². The van der Waals surface area contributed by atoms with E-state index in [0.29, 0.717) is 6.54 Å². The van der Waals surface area contributed by atoms with Gasteiger partial charge in [0, 0.05) is 30.2 Å². The summed E-state index contributed by atoms with van der Waals surface area (Å²) in [7, 11) is 0. The number of fused-ring (bicyclic) bond motifs is 1. The van der Waals surface area contributed by atoms with Gasteiger partial charge in [-0.05, 0) is 17.0 Å². The molecule has 1 aromatic carbocycles. The van der Waals surface area contributed by atoms with E-state index in [1.807, 2.05) is 38.2 Å². The molecule has 4 heteroatoms. The first-order valence-corrected chi connectivity index (χ1v) is 6.45. The number of carboxylic acids is 1. The summed E-state index contributed by atoms with van der Waals surface area (Å²) in [5, 5.41) is 13.4. The van der Waals surface area contributed by atoms with E-state index < -0.39 is 5.97 Å². The minimum atomic E-state index is -0.751. The first-order valence-electron chi connectivity index (χ1n) is 6.45. The first kappa shape index (κ1) is 13.6.